The standard InChI is InChI=1S/C23H22O4S/c1-14-6-7-21(15(2)8-14)28-13-23(25)26-12-18-11-22(24)27-20-10-17-5-3-4-16(17)9-19(18)20/h6-11H,3-5,12-13H2,1-2H3. The van der Waals surface area contributed by atoms with Crippen molar-refractivity contribution in [2.45, 2.75) is 44.6 Å². The summed E-state index contributed by atoms with van der Waals surface area (Å²) in [6.07, 6.45) is 3.18. The van der Waals surface area contributed by atoms with Crippen LogP contribution in [0.3, 0.4) is 0 Å². The molecule has 0 amide bonds. The SMILES string of the molecule is Cc1ccc(SCC(=O)OCc2cc(=O)oc3cc4c(cc23)CCC4)c(C)c1. The lowest BCUT2D eigenvalue weighted by Crippen LogP contribution is -2.09. The highest BCUT2D eigenvalue weighted by molar-refractivity contribution is 8.00. The second kappa shape index (κ2) is 7.84. The Morgan fingerprint density at radius 2 is 1.89 bits per heavy atom. The molecule has 4 nitrogen and oxygen atoms in total. The normalized spacial score (nSPS) is 12.9. The van der Waals surface area contributed by atoms with Crippen molar-refractivity contribution in [3.05, 3.63) is 74.6 Å². The predicted molar refractivity (Wildman–Crippen MR) is 111 cm³/mol. The summed E-state index contributed by atoms with van der Waals surface area (Å²) in [5, 5.41) is 0.857. The molecule has 1 aliphatic carbocycles. The average Bonchev–Trinajstić information content (AvgIpc) is 3.11. The maximum Gasteiger partial charge on any atom is 0.336 e. The first-order valence-corrected chi connectivity index (χ1v) is 10.4. The molecule has 0 unspecified atom stereocenters. The van der Waals surface area contributed by atoms with Crippen LogP contribution in [0.5, 0.6) is 0 Å². The number of carbonyl (C=O) groups excluding carboxylic acids is 1. The predicted octanol–water partition coefficient (Wildman–Crippen LogP) is 4.73. The summed E-state index contributed by atoms with van der Waals surface area (Å²) in [5.41, 5.74) is 5.74. The zero-order valence-corrected chi connectivity index (χ0v) is 16.9. The highest BCUT2D eigenvalue weighted by Crippen LogP contribution is 2.29. The maximum absolute atomic E-state index is 12.2. The van der Waals surface area contributed by atoms with Crippen molar-refractivity contribution in [1.82, 2.24) is 0 Å². The smallest absolute Gasteiger partial charge is 0.336 e. The minimum Gasteiger partial charge on any atom is -0.460 e. The van der Waals surface area contributed by atoms with Crippen LogP contribution in [0, 0.1) is 13.8 Å². The Labute approximate surface area is 167 Å². The van der Waals surface area contributed by atoms with Crippen molar-refractivity contribution in [2.75, 3.05) is 5.75 Å². The summed E-state index contributed by atoms with van der Waals surface area (Å²) in [4.78, 5) is 25.2. The molecule has 0 atom stereocenters. The topological polar surface area (TPSA) is 56.5 Å². The quantitative estimate of drug-likeness (QED) is 0.356. The molecule has 28 heavy (non-hydrogen) atoms. The maximum atomic E-state index is 12.2. The summed E-state index contributed by atoms with van der Waals surface area (Å²) in [6, 6.07) is 11.6. The van der Waals surface area contributed by atoms with E-state index in [2.05, 4.69) is 12.1 Å². The van der Waals surface area contributed by atoms with Gasteiger partial charge in [-0.3, -0.25) is 4.79 Å². The van der Waals surface area contributed by atoms with Gasteiger partial charge in [0, 0.05) is 21.9 Å². The van der Waals surface area contributed by atoms with E-state index >= 15 is 0 Å². The fourth-order valence-electron chi connectivity index (χ4n) is 3.71. The third kappa shape index (κ3) is 3.99. The molecule has 0 spiro atoms. The van der Waals surface area contributed by atoms with Crippen molar-refractivity contribution in [3.8, 4) is 0 Å². The van der Waals surface area contributed by atoms with Crippen LogP contribution >= 0.6 is 11.8 Å². The van der Waals surface area contributed by atoms with Crippen LogP contribution in [0.15, 0.2) is 50.5 Å². The lowest BCUT2D eigenvalue weighted by atomic mass is 10.0. The Bertz CT molecular complexity index is 1110. The largest absolute Gasteiger partial charge is 0.460 e. The van der Waals surface area contributed by atoms with Crippen LogP contribution in [0.2, 0.25) is 0 Å². The molecule has 1 aromatic heterocycles. The molecule has 2 aromatic carbocycles. The summed E-state index contributed by atoms with van der Waals surface area (Å²) in [6.45, 7) is 4.16. The van der Waals surface area contributed by atoms with Crippen molar-refractivity contribution >= 4 is 28.7 Å². The zero-order valence-electron chi connectivity index (χ0n) is 16.0. The number of rotatable bonds is 5. The third-order valence-corrected chi connectivity index (χ3v) is 6.26. The molecule has 144 valence electrons. The van der Waals surface area contributed by atoms with Crippen LogP contribution in [-0.2, 0) is 29.0 Å². The molecule has 0 fully saturated rings. The van der Waals surface area contributed by atoms with Gasteiger partial charge in [-0.2, -0.15) is 0 Å². The monoisotopic (exact) mass is 394 g/mol. The van der Waals surface area contributed by atoms with Gasteiger partial charge in [0.15, 0.2) is 0 Å². The van der Waals surface area contributed by atoms with E-state index in [1.54, 1.807) is 0 Å². The van der Waals surface area contributed by atoms with Crippen molar-refractivity contribution in [2.24, 2.45) is 0 Å². The third-order valence-electron chi connectivity index (χ3n) is 5.11. The Hall–Kier alpha value is -2.53. The van der Waals surface area contributed by atoms with Gasteiger partial charge >= 0.3 is 11.6 Å². The Morgan fingerprint density at radius 1 is 1.11 bits per heavy atom. The minimum absolute atomic E-state index is 0.0765. The first-order chi connectivity index (χ1) is 13.5. The Kier molecular flexibility index (Phi) is 5.27. The van der Waals surface area contributed by atoms with E-state index in [4.69, 9.17) is 9.15 Å². The second-order valence-corrected chi connectivity index (χ2v) is 8.30. The number of hydrogen-bond acceptors (Lipinski definition) is 5. The molecule has 0 bridgehead atoms. The van der Waals surface area contributed by atoms with Gasteiger partial charge in [0.25, 0.3) is 0 Å². The Morgan fingerprint density at radius 3 is 2.68 bits per heavy atom. The second-order valence-electron chi connectivity index (χ2n) is 7.28. The fraction of sp³-hybridized carbons (Fsp3) is 0.304. The average molecular weight is 394 g/mol. The molecular weight excluding hydrogens is 372 g/mol. The van der Waals surface area contributed by atoms with Gasteiger partial charge in [0.1, 0.15) is 12.2 Å². The van der Waals surface area contributed by atoms with Crippen LogP contribution in [-0.4, -0.2) is 11.7 Å². The van der Waals surface area contributed by atoms with Gasteiger partial charge in [-0.15, -0.1) is 11.8 Å². The molecule has 1 heterocycles. The molecule has 1 aliphatic rings. The summed E-state index contributed by atoms with van der Waals surface area (Å²) < 4.78 is 10.8. The van der Waals surface area contributed by atoms with E-state index in [1.165, 1.54) is 34.5 Å². The molecular formula is C23H22O4S. The molecule has 0 N–H and O–H groups in total. The van der Waals surface area contributed by atoms with Crippen molar-refractivity contribution in [3.63, 3.8) is 0 Å². The van der Waals surface area contributed by atoms with Gasteiger partial charge in [0.2, 0.25) is 0 Å². The number of benzene rings is 2. The lowest BCUT2D eigenvalue weighted by Gasteiger charge is -2.10. The van der Waals surface area contributed by atoms with Crippen LogP contribution in [0.4, 0.5) is 0 Å². The molecule has 0 aliphatic heterocycles. The van der Waals surface area contributed by atoms with E-state index in [0.29, 0.717) is 11.1 Å². The highest BCUT2D eigenvalue weighted by Gasteiger charge is 2.16. The summed E-state index contributed by atoms with van der Waals surface area (Å²) in [5.74, 6) is -0.0638. The van der Waals surface area contributed by atoms with E-state index in [0.717, 1.165) is 35.1 Å². The van der Waals surface area contributed by atoms with Crippen LogP contribution in [0.25, 0.3) is 11.0 Å². The number of thioether (sulfide) groups is 1. The van der Waals surface area contributed by atoms with Gasteiger partial charge in [-0.05, 0) is 68.0 Å². The Balaban J connectivity index is 1.46. The number of ether oxygens (including phenoxy) is 1. The summed E-state index contributed by atoms with van der Waals surface area (Å²) >= 11 is 1.47. The first kappa shape index (κ1) is 18.8. The van der Waals surface area contributed by atoms with Crippen molar-refractivity contribution in [1.29, 1.82) is 0 Å². The van der Waals surface area contributed by atoms with E-state index in [1.807, 2.05) is 32.0 Å². The van der Waals surface area contributed by atoms with E-state index < -0.39 is 5.63 Å². The first-order valence-electron chi connectivity index (χ1n) is 9.44. The number of hydrogen-bond donors (Lipinski definition) is 0. The molecule has 4 rings (SSSR count). The molecule has 3 aromatic rings. The minimum atomic E-state index is -0.416. The lowest BCUT2D eigenvalue weighted by molar-refractivity contribution is -0.141. The number of carbonyl (C=O) groups is 1. The molecule has 0 radical (unpaired) electrons. The van der Waals surface area contributed by atoms with Crippen LogP contribution < -0.4 is 5.63 Å². The number of aryl methyl sites for hydroxylation is 4. The van der Waals surface area contributed by atoms with E-state index in [9.17, 15) is 9.59 Å². The zero-order chi connectivity index (χ0) is 19.7. The van der Waals surface area contributed by atoms with Gasteiger partial charge in [-0.25, -0.2) is 4.79 Å². The van der Waals surface area contributed by atoms with Crippen molar-refractivity contribution < 1.29 is 13.9 Å². The number of esters is 1. The molecule has 0 saturated heterocycles. The van der Waals surface area contributed by atoms with Gasteiger partial charge < -0.3 is 9.15 Å². The van der Waals surface area contributed by atoms with Gasteiger partial charge in [-0.1, -0.05) is 17.7 Å². The fourth-order valence-corrected chi connectivity index (χ4v) is 4.52. The van der Waals surface area contributed by atoms with Crippen LogP contribution in [0.1, 0.15) is 34.2 Å². The van der Waals surface area contributed by atoms with E-state index in [-0.39, 0.29) is 18.3 Å². The molecule has 0 saturated carbocycles. The molecule has 5 heteroatoms. The summed E-state index contributed by atoms with van der Waals surface area (Å²) in [7, 11) is 0. The van der Waals surface area contributed by atoms with Gasteiger partial charge in [0.05, 0.1) is 5.75 Å². The number of fused-ring (bicyclic) bond motifs is 2. The highest BCUT2D eigenvalue weighted by atomic mass is 32.2.